The molecular formula is C27H32N6O2. The highest BCUT2D eigenvalue weighted by molar-refractivity contribution is 5.91. The molecule has 5 rings (SSSR count). The first-order chi connectivity index (χ1) is 16.9. The Morgan fingerprint density at radius 1 is 1.17 bits per heavy atom. The number of amides is 1. The van der Waals surface area contributed by atoms with Crippen LogP contribution in [0.3, 0.4) is 0 Å². The minimum atomic E-state index is 0.0453. The Kier molecular flexibility index (Phi) is 6.44. The first-order valence-corrected chi connectivity index (χ1v) is 12.4. The summed E-state index contributed by atoms with van der Waals surface area (Å²) in [4.78, 5) is 26.1. The maximum Gasteiger partial charge on any atom is 0.239 e. The van der Waals surface area contributed by atoms with Crippen LogP contribution in [-0.2, 0) is 11.8 Å². The number of fused-ring (bicyclic) bond motifs is 1. The van der Waals surface area contributed by atoms with Gasteiger partial charge in [-0.15, -0.1) is 0 Å². The van der Waals surface area contributed by atoms with Crippen molar-refractivity contribution in [3.63, 3.8) is 0 Å². The molecule has 35 heavy (non-hydrogen) atoms. The van der Waals surface area contributed by atoms with Gasteiger partial charge in [-0.05, 0) is 76.0 Å². The number of nitrogens with zero attached hydrogens (tertiary/aromatic N) is 6. The van der Waals surface area contributed by atoms with Gasteiger partial charge in [0.15, 0.2) is 0 Å². The van der Waals surface area contributed by atoms with E-state index in [0.29, 0.717) is 12.5 Å². The Morgan fingerprint density at radius 3 is 2.74 bits per heavy atom. The number of hydrogen-bond donors (Lipinski definition) is 0. The monoisotopic (exact) mass is 472 g/mol. The number of carbonyl (C=O) groups is 1. The Morgan fingerprint density at radius 2 is 2.00 bits per heavy atom. The molecule has 2 saturated heterocycles. The van der Waals surface area contributed by atoms with E-state index >= 15 is 0 Å². The fourth-order valence-corrected chi connectivity index (χ4v) is 5.41. The van der Waals surface area contributed by atoms with Crippen LogP contribution in [0.15, 0.2) is 30.5 Å². The summed E-state index contributed by atoms with van der Waals surface area (Å²) in [5.41, 5.74) is 3.44. The Labute approximate surface area is 206 Å². The number of aryl methyl sites for hydroxylation is 2. The molecule has 0 bridgehead atoms. The average Bonchev–Trinajstić information content (AvgIpc) is 3.47. The van der Waals surface area contributed by atoms with E-state index in [1.54, 1.807) is 0 Å². The lowest BCUT2D eigenvalue weighted by atomic mass is 9.98. The SMILES string of the molecule is Cc1cc(-c2nc(C#N)nc3c2ccn3C)ccc1OCC1CCCN(C(=O)[C@@H]2CCCN2C)C1. The van der Waals surface area contributed by atoms with Gasteiger partial charge >= 0.3 is 0 Å². The number of hydrogen-bond acceptors (Lipinski definition) is 6. The number of aromatic nitrogens is 3. The number of piperidine rings is 1. The highest BCUT2D eigenvalue weighted by Gasteiger charge is 2.33. The van der Waals surface area contributed by atoms with Crippen molar-refractivity contribution in [1.29, 1.82) is 5.26 Å². The molecule has 2 aliphatic heterocycles. The third-order valence-electron chi connectivity index (χ3n) is 7.38. The van der Waals surface area contributed by atoms with Gasteiger partial charge < -0.3 is 14.2 Å². The normalized spacial score (nSPS) is 20.8. The Balaban J connectivity index is 1.28. The number of nitriles is 1. The zero-order chi connectivity index (χ0) is 24.5. The zero-order valence-corrected chi connectivity index (χ0v) is 20.7. The Hall–Kier alpha value is -3.44. The van der Waals surface area contributed by atoms with Gasteiger partial charge in [-0.2, -0.15) is 5.26 Å². The topological polar surface area (TPSA) is 87.3 Å². The molecule has 2 fully saturated rings. The average molecular weight is 473 g/mol. The molecule has 8 nitrogen and oxygen atoms in total. The maximum absolute atomic E-state index is 13.0. The predicted octanol–water partition coefficient (Wildman–Crippen LogP) is 3.53. The fraction of sp³-hybridized carbons (Fsp3) is 0.481. The molecule has 0 saturated carbocycles. The number of ether oxygens (including phenoxy) is 1. The second-order valence-electron chi connectivity index (χ2n) is 9.89. The van der Waals surface area contributed by atoms with E-state index in [2.05, 4.69) is 34.1 Å². The fourth-order valence-electron chi connectivity index (χ4n) is 5.41. The lowest BCUT2D eigenvalue weighted by Gasteiger charge is -2.35. The van der Waals surface area contributed by atoms with E-state index in [1.807, 2.05) is 47.8 Å². The van der Waals surface area contributed by atoms with Crippen molar-refractivity contribution in [1.82, 2.24) is 24.3 Å². The third kappa shape index (κ3) is 4.61. The summed E-state index contributed by atoms with van der Waals surface area (Å²) in [5.74, 6) is 1.62. The number of likely N-dealkylation sites (tertiary alicyclic amines) is 2. The van der Waals surface area contributed by atoms with Gasteiger partial charge in [-0.1, -0.05) is 0 Å². The van der Waals surface area contributed by atoms with Crippen LogP contribution in [0, 0.1) is 24.2 Å². The van der Waals surface area contributed by atoms with E-state index in [4.69, 9.17) is 4.74 Å². The van der Waals surface area contributed by atoms with Crippen LogP contribution in [0.5, 0.6) is 5.75 Å². The van der Waals surface area contributed by atoms with Crippen molar-refractivity contribution in [2.75, 3.05) is 33.3 Å². The molecule has 1 unspecified atom stereocenters. The van der Waals surface area contributed by atoms with E-state index in [-0.39, 0.29) is 17.8 Å². The highest BCUT2D eigenvalue weighted by atomic mass is 16.5. The van der Waals surface area contributed by atoms with Gasteiger partial charge in [0.25, 0.3) is 0 Å². The van der Waals surface area contributed by atoms with Gasteiger partial charge in [0.2, 0.25) is 11.7 Å². The standard InChI is InChI=1S/C27H32N6O2/c1-18-14-20(25-21-10-13-32(3)26(21)30-24(15-28)29-25)8-9-23(18)35-17-19-6-4-12-33(16-19)27(34)22-7-5-11-31(22)2/h8-10,13-14,19,22H,4-7,11-12,16-17H2,1-3H3/t19?,22-/m0/s1. The van der Waals surface area contributed by atoms with Crippen molar-refractivity contribution in [3.8, 4) is 23.1 Å². The van der Waals surface area contributed by atoms with Crippen molar-refractivity contribution < 1.29 is 9.53 Å². The molecule has 0 radical (unpaired) electrons. The number of benzene rings is 1. The van der Waals surface area contributed by atoms with E-state index in [9.17, 15) is 10.1 Å². The second kappa shape index (κ2) is 9.67. The summed E-state index contributed by atoms with van der Waals surface area (Å²) in [6, 6.07) is 10.1. The molecule has 1 amide bonds. The van der Waals surface area contributed by atoms with Crippen LogP contribution in [-0.4, -0.2) is 69.6 Å². The zero-order valence-electron chi connectivity index (χ0n) is 20.7. The van der Waals surface area contributed by atoms with Crippen LogP contribution >= 0.6 is 0 Å². The summed E-state index contributed by atoms with van der Waals surface area (Å²) in [6.07, 6.45) is 6.10. The molecule has 2 atom stereocenters. The smallest absolute Gasteiger partial charge is 0.239 e. The molecule has 1 aromatic carbocycles. The second-order valence-corrected chi connectivity index (χ2v) is 9.89. The quantitative estimate of drug-likeness (QED) is 0.565. The van der Waals surface area contributed by atoms with Crippen LogP contribution in [0.1, 0.15) is 37.1 Å². The van der Waals surface area contributed by atoms with Gasteiger partial charge in [0.1, 0.15) is 17.5 Å². The van der Waals surface area contributed by atoms with Crippen molar-refractivity contribution in [2.24, 2.45) is 13.0 Å². The molecule has 4 heterocycles. The molecular weight excluding hydrogens is 440 g/mol. The molecule has 182 valence electrons. The summed E-state index contributed by atoms with van der Waals surface area (Å²) < 4.78 is 8.14. The van der Waals surface area contributed by atoms with E-state index < -0.39 is 0 Å². The van der Waals surface area contributed by atoms with E-state index in [0.717, 1.165) is 78.9 Å². The van der Waals surface area contributed by atoms with Gasteiger partial charge in [0.05, 0.1) is 18.3 Å². The lowest BCUT2D eigenvalue weighted by Crippen LogP contribution is -2.49. The van der Waals surface area contributed by atoms with Crippen LogP contribution in [0.4, 0.5) is 0 Å². The molecule has 0 aliphatic carbocycles. The number of likely N-dealkylation sites (N-methyl/N-ethyl adjacent to an activating group) is 1. The Bertz CT molecular complexity index is 1290. The number of carbonyl (C=O) groups excluding carboxylic acids is 1. The van der Waals surface area contributed by atoms with Crippen LogP contribution < -0.4 is 4.74 Å². The summed E-state index contributed by atoms with van der Waals surface area (Å²) in [5, 5.41) is 10.3. The number of rotatable bonds is 5. The largest absolute Gasteiger partial charge is 0.493 e. The van der Waals surface area contributed by atoms with Gasteiger partial charge in [-0.25, -0.2) is 9.97 Å². The van der Waals surface area contributed by atoms with Gasteiger partial charge in [-0.3, -0.25) is 9.69 Å². The maximum atomic E-state index is 13.0. The highest BCUT2D eigenvalue weighted by Crippen LogP contribution is 2.31. The van der Waals surface area contributed by atoms with Crippen LogP contribution in [0.2, 0.25) is 0 Å². The summed E-state index contributed by atoms with van der Waals surface area (Å²) >= 11 is 0. The first-order valence-electron chi connectivity index (χ1n) is 12.4. The minimum absolute atomic E-state index is 0.0453. The summed E-state index contributed by atoms with van der Waals surface area (Å²) in [6.45, 7) is 5.25. The minimum Gasteiger partial charge on any atom is -0.493 e. The van der Waals surface area contributed by atoms with E-state index in [1.165, 1.54) is 0 Å². The lowest BCUT2D eigenvalue weighted by molar-refractivity contribution is -0.137. The van der Waals surface area contributed by atoms with Crippen molar-refractivity contribution in [3.05, 3.63) is 41.9 Å². The van der Waals surface area contributed by atoms with Gasteiger partial charge in [0, 0.05) is 43.2 Å². The summed E-state index contributed by atoms with van der Waals surface area (Å²) in [7, 11) is 3.96. The molecule has 0 spiro atoms. The predicted molar refractivity (Wildman–Crippen MR) is 134 cm³/mol. The third-order valence-corrected chi connectivity index (χ3v) is 7.38. The van der Waals surface area contributed by atoms with Crippen molar-refractivity contribution in [2.45, 2.75) is 38.6 Å². The molecule has 8 heteroatoms. The first kappa shape index (κ1) is 23.3. The van der Waals surface area contributed by atoms with Crippen LogP contribution in [0.25, 0.3) is 22.3 Å². The molecule has 2 aliphatic rings. The van der Waals surface area contributed by atoms with Crippen molar-refractivity contribution >= 4 is 16.9 Å². The molecule has 3 aromatic rings. The molecule has 2 aromatic heterocycles. The molecule has 0 N–H and O–H groups in total.